The molecule has 0 bridgehead atoms. The summed E-state index contributed by atoms with van der Waals surface area (Å²) in [5.41, 5.74) is 4.07. The number of pyridine rings is 1. The first kappa shape index (κ1) is 33.8. The average Bonchev–Trinajstić information content (AvgIpc) is 3.54. The third-order valence-corrected chi connectivity index (χ3v) is 9.16. The Kier molecular flexibility index (Phi) is 11.4. The number of amides is 3. The van der Waals surface area contributed by atoms with E-state index in [9.17, 15) is 14.4 Å². The van der Waals surface area contributed by atoms with Gasteiger partial charge in [0.2, 0.25) is 17.7 Å². The number of rotatable bonds is 13. The summed E-state index contributed by atoms with van der Waals surface area (Å²) >= 11 is 0. The number of hydrogen-bond acceptors (Lipinski definition) is 6. The number of nitrogens with zero attached hydrogens (tertiary/aromatic N) is 4. The van der Waals surface area contributed by atoms with Crippen molar-refractivity contribution >= 4 is 28.5 Å². The van der Waals surface area contributed by atoms with Gasteiger partial charge < -0.3 is 20.3 Å². The SMILES string of the molecule is CC(C)[C@@H]1CC[C@@H](C)C[C@H]1OCC(=O)NCC(=O)NCCN(C)C(=O)Cn1cc(-c2ccc(-c3cncc4ccccc34)cc2)cn1. The largest absolute Gasteiger partial charge is 0.368 e. The van der Waals surface area contributed by atoms with Crippen LogP contribution >= 0.6 is 0 Å². The molecule has 47 heavy (non-hydrogen) atoms. The Bertz CT molecular complexity index is 1660. The van der Waals surface area contributed by atoms with Crippen molar-refractivity contribution in [2.24, 2.45) is 17.8 Å². The fourth-order valence-electron chi connectivity index (χ4n) is 6.32. The van der Waals surface area contributed by atoms with E-state index in [1.54, 1.807) is 22.8 Å². The Hall–Kier alpha value is -4.57. The second-order valence-corrected chi connectivity index (χ2v) is 13.0. The summed E-state index contributed by atoms with van der Waals surface area (Å²) in [7, 11) is 1.69. The predicted molar refractivity (Wildman–Crippen MR) is 183 cm³/mol. The standard InChI is InChI=1S/C37H46N6O4/c1-25(2)31-14-9-26(3)17-34(31)47-24-36(45)40-21-35(44)39-15-16-42(4)37(46)23-43-22-30(19-41-43)27-10-12-28(13-11-27)33-20-38-18-29-7-5-6-8-32(29)33/h5-8,10-13,18-20,22,25-26,31,34H,9,14-17,21,23-24H2,1-4H3,(H,39,44)(H,40,45)/t26-,31+,34-/m1/s1. The summed E-state index contributed by atoms with van der Waals surface area (Å²) in [5, 5.41) is 12.0. The van der Waals surface area contributed by atoms with Crippen molar-refractivity contribution in [2.75, 3.05) is 33.3 Å². The summed E-state index contributed by atoms with van der Waals surface area (Å²) in [4.78, 5) is 43.4. The zero-order valence-corrected chi connectivity index (χ0v) is 27.8. The minimum atomic E-state index is -0.315. The van der Waals surface area contributed by atoms with E-state index in [2.05, 4.69) is 65.8 Å². The van der Waals surface area contributed by atoms with E-state index in [1.165, 1.54) is 6.42 Å². The highest BCUT2D eigenvalue weighted by Gasteiger charge is 2.31. The molecule has 1 fully saturated rings. The van der Waals surface area contributed by atoms with Gasteiger partial charge in [-0.1, -0.05) is 75.7 Å². The number of aromatic nitrogens is 3. The highest BCUT2D eigenvalue weighted by Crippen LogP contribution is 2.35. The van der Waals surface area contributed by atoms with Crippen molar-refractivity contribution in [3.05, 3.63) is 73.3 Å². The van der Waals surface area contributed by atoms with E-state index >= 15 is 0 Å². The topological polar surface area (TPSA) is 118 Å². The van der Waals surface area contributed by atoms with Crippen LogP contribution in [0.2, 0.25) is 0 Å². The van der Waals surface area contributed by atoms with Gasteiger partial charge in [-0.2, -0.15) is 5.10 Å². The van der Waals surface area contributed by atoms with Crippen LogP contribution in [0.4, 0.5) is 0 Å². The van der Waals surface area contributed by atoms with E-state index in [1.807, 2.05) is 42.9 Å². The number of hydrogen-bond donors (Lipinski definition) is 2. The number of fused-ring (bicyclic) bond motifs is 1. The normalized spacial score (nSPS) is 17.9. The van der Waals surface area contributed by atoms with Crippen molar-refractivity contribution in [2.45, 2.75) is 52.7 Å². The first-order valence-corrected chi connectivity index (χ1v) is 16.5. The maximum Gasteiger partial charge on any atom is 0.246 e. The number of likely N-dealkylation sites (N-methyl/N-ethyl adjacent to an activating group) is 1. The van der Waals surface area contributed by atoms with Gasteiger partial charge in [0.1, 0.15) is 13.2 Å². The minimum Gasteiger partial charge on any atom is -0.368 e. The molecular formula is C37H46N6O4. The summed E-state index contributed by atoms with van der Waals surface area (Å²) in [6, 6.07) is 16.4. The molecule has 10 nitrogen and oxygen atoms in total. The number of benzene rings is 2. The zero-order chi connectivity index (χ0) is 33.3. The molecule has 2 aromatic heterocycles. The van der Waals surface area contributed by atoms with Crippen molar-refractivity contribution in [3.63, 3.8) is 0 Å². The van der Waals surface area contributed by atoms with Gasteiger partial charge in [-0.3, -0.25) is 24.0 Å². The Balaban J connectivity index is 1.02. The molecule has 2 heterocycles. The number of carbonyl (C=O) groups excluding carboxylic acids is 3. The van der Waals surface area contributed by atoms with Gasteiger partial charge in [-0.05, 0) is 47.1 Å². The molecule has 3 amide bonds. The molecule has 0 radical (unpaired) electrons. The second-order valence-electron chi connectivity index (χ2n) is 13.0. The van der Waals surface area contributed by atoms with Gasteiger partial charge >= 0.3 is 0 Å². The number of nitrogens with one attached hydrogen (secondary N) is 2. The van der Waals surface area contributed by atoms with Gasteiger partial charge in [0.05, 0.1) is 18.8 Å². The minimum absolute atomic E-state index is 0.0472. The highest BCUT2D eigenvalue weighted by atomic mass is 16.5. The molecule has 3 atom stereocenters. The van der Waals surface area contributed by atoms with Crippen LogP contribution in [0.3, 0.4) is 0 Å². The molecule has 1 aliphatic rings. The molecule has 4 aromatic rings. The van der Waals surface area contributed by atoms with Gasteiger partial charge in [-0.25, -0.2) is 0 Å². The Morgan fingerprint density at radius 3 is 2.51 bits per heavy atom. The maximum atomic E-state index is 12.8. The predicted octanol–water partition coefficient (Wildman–Crippen LogP) is 4.93. The molecule has 0 saturated heterocycles. The molecular weight excluding hydrogens is 592 g/mol. The molecule has 10 heteroatoms. The number of carbonyl (C=O) groups is 3. The van der Waals surface area contributed by atoms with Gasteiger partial charge in [0.25, 0.3) is 0 Å². The summed E-state index contributed by atoms with van der Waals surface area (Å²) in [5.74, 6) is 0.807. The second kappa shape index (κ2) is 15.8. The van der Waals surface area contributed by atoms with E-state index in [0.29, 0.717) is 24.3 Å². The molecule has 2 aromatic carbocycles. The Morgan fingerprint density at radius 2 is 1.72 bits per heavy atom. The lowest BCUT2D eigenvalue weighted by molar-refractivity contribution is -0.133. The van der Waals surface area contributed by atoms with Crippen LogP contribution in [0.1, 0.15) is 40.0 Å². The lowest BCUT2D eigenvalue weighted by Gasteiger charge is -2.37. The van der Waals surface area contributed by atoms with Crippen molar-refractivity contribution in [1.82, 2.24) is 30.3 Å². The Labute approximate surface area is 276 Å². The fourth-order valence-corrected chi connectivity index (χ4v) is 6.32. The van der Waals surface area contributed by atoms with Crippen molar-refractivity contribution in [3.8, 4) is 22.3 Å². The molecule has 5 rings (SSSR count). The van der Waals surface area contributed by atoms with Crippen LogP contribution in [0.15, 0.2) is 73.3 Å². The van der Waals surface area contributed by atoms with Gasteiger partial charge in [0, 0.05) is 55.2 Å². The molecule has 0 unspecified atom stereocenters. The first-order valence-electron chi connectivity index (χ1n) is 16.5. The molecule has 0 aliphatic heterocycles. The summed E-state index contributed by atoms with van der Waals surface area (Å²) in [6.45, 7) is 7.13. The van der Waals surface area contributed by atoms with Gasteiger partial charge in [-0.15, -0.1) is 0 Å². The van der Waals surface area contributed by atoms with Crippen LogP contribution < -0.4 is 10.6 Å². The lowest BCUT2D eigenvalue weighted by Crippen LogP contribution is -2.43. The van der Waals surface area contributed by atoms with Crippen molar-refractivity contribution < 1.29 is 19.1 Å². The highest BCUT2D eigenvalue weighted by molar-refractivity contribution is 5.96. The van der Waals surface area contributed by atoms with Crippen LogP contribution in [0.25, 0.3) is 33.0 Å². The smallest absolute Gasteiger partial charge is 0.246 e. The third-order valence-electron chi connectivity index (χ3n) is 9.16. The monoisotopic (exact) mass is 638 g/mol. The summed E-state index contributed by atoms with van der Waals surface area (Å²) in [6.07, 6.45) is 10.7. The molecule has 248 valence electrons. The molecule has 0 spiro atoms. The average molecular weight is 639 g/mol. The molecule has 1 aliphatic carbocycles. The molecule has 2 N–H and O–H groups in total. The fraction of sp³-hybridized carbons (Fsp3) is 0.432. The quantitative estimate of drug-likeness (QED) is 0.214. The summed E-state index contributed by atoms with van der Waals surface area (Å²) < 4.78 is 7.59. The Morgan fingerprint density at radius 1 is 0.957 bits per heavy atom. The van der Waals surface area contributed by atoms with Crippen LogP contribution in [0.5, 0.6) is 0 Å². The van der Waals surface area contributed by atoms with Crippen molar-refractivity contribution in [1.29, 1.82) is 0 Å². The van der Waals surface area contributed by atoms with E-state index in [0.717, 1.165) is 45.9 Å². The first-order chi connectivity index (χ1) is 22.7. The van der Waals surface area contributed by atoms with E-state index < -0.39 is 0 Å². The maximum absolute atomic E-state index is 12.8. The lowest BCUT2D eigenvalue weighted by atomic mass is 9.75. The molecule has 1 saturated carbocycles. The van der Waals surface area contributed by atoms with Crippen LogP contribution in [0, 0.1) is 17.8 Å². The third kappa shape index (κ3) is 9.04. The zero-order valence-electron chi connectivity index (χ0n) is 27.8. The van der Waals surface area contributed by atoms with Crippen LogP contribution in [-0.2, 0) is 25.7 Å². The number of ether oxygens (including phenoxy) is 1. The van der Waals surface area contributed by atoms with Gasteiger partial charge in [0.15, 0.2) is 0 Å². The van der Waals surface area contributed by atoms with Crippen LogP contribution in [-0.4, -0.2) is 76.8 Å². The van der Waals surface area contributed by atoms with E-state index in [-0.39, 0.29) is 50.1 Å². The van der Waals surface area contributed by atoms with E-state index in [4.69, 9.17) is 4.74 Å².